The van der Waals surface area contributed by atoms with Crippen LogP contribution in [0.4, 0.5) is 14.9 Å². The second-order valence-electron chi connectivity index (χ2n) is 6.33. The van der Waals surface area contributed by atoms with Gasteiger partial charge in [0.2, 0.25) is 5.91 Å². The number of imide groups is 1. The minimum absolute atomic E-state index is 0.0146. The predicted molar refractivity (Wildman–Crippen MR) is 85.8 cm³/mol. The summed E-state index contributed by atoms with van der Waals surface area (Å²) >= 11 is 0. The van der Waals surface area contributed by atoms with Crippen LogP contribution in [0.1, 0.15) is 26.7 Å². The normalized spacial score (nSPS) is 25.4. The Morgan fingerprint density at radius 2 is 2.00 bits per heavy atom. The minimum atomic E-state index is -0.571. The van der Waals surface area contributed by atoms with Gasteiger partial charge in [-0.1, -0.05) is 32.4 Å². The Balaban J connectivity index is 1.80. The smallest absolute Gasteiger partial charge is 0.325 e. The molecule has 0 spiro atoms. The molecule has 2 heterocycles. The lowest BCUT2D eigenvalue weighted by atomic mass is 9.99. The fourth-order valence-corrected chi connectivity index (χ4v) is 3.25. The van der Waals surface area contributed by atoms with E-state index in [1.165, 1.54) is 17.0 Å². The van der Waals surface area contributed by atoms with Gasteiger partial charge >= 0.3 is 6.03 Å². The first-order valence-corrected chi connectivity index (χ1v) is 8.12. The molecule has 1 N–H and O–H groups in total. The van der Waals surface area contributed by atoms with Gasteiger partial charge in [-0.25, -0.2) is 9.18 Å². The fourth-order valence-electron chi connectivity index (χ4n) is 3.25. The third kappa shape index (κ3) is 2.64. The minimum Gasteiger partial charge on any atom is -0.326 e. The standard InChI is InChI=1S/C17H20FN3O3/c1-3-10(2)15-16(23)21(17(24)19-15)11-8-14(22)20(9-11)13-7-5-4-6-12(13)18/h4-7,10-11,15H,3,8-9H2,1-2H3,(H,19,24)/t10-,11?,15-/m0/s1. The van der Waals surface area contributed by atoms with E-state index in [1.807, 2.05) is 13.8 Å². The highest BCUT2D eigenvalue weighted by atomic mass is 19.1. The molecule has 128 valence electrons. The molecule has 1 aromatic rings. The second kappa shape index (κ2) is 6.22. The second-order valence-corrected chi connectivity index (χ2v) is 6.33. The van der Waals surface area contributed by atoms with Gasteiger partial charge in [0.25, 0.3) is 5.91 Å². The van der Waals surface area contributed by atoms with Crippen LogP contribution in [0.2, 0.25) is 0 Å². The number of carbonyl (C=O) groups excluding carboxylic acids is 3. The summed E-state index contributed by atoms with van der Waals surface area (Å²) in [6, 6.07) is 4.39. The van der Waals surface area contributed by atoms with Crippen LogP contribution in [-0.2, 0) is 9.59 Å². The molecule has 0 aliphatic carbocycles. The van der Waals surface area contributed by atoms with E-state index in [9.17, 15) is 18.8 Å². The van der Waals surface area contributed by atoms with E-state index in [0.29, 0.717) is 0 Å². The lowest BCUT2D eigenvalue weighted by Gasteiger charge is -2.22. The Hall–Kier alpha value is -2.44. The van der Waals surface area contributed by atoms with Gasteiger partial charge in [0.1, 0.15) is 11.9 Å². The maximum Gasteiger partial charge on any atom is 0.325 e. The van der Waals surface area contributed by atoms with Crippen molar-refractivity contribution in [1.82, 2.24) is 10.2 Å². The summed E-state index contributed by atoms with van der Waals surface area (Å²) in [5.41, 5.74) is 0.176. The van der Waals surface area contributed by atoms with E-state index < -0.39 is 23.9 Å². The van der Waals surface area contributed by atoms with Crippen LogP contribution in [0.15, 0.2) is 24.3 Å². The molecule has 1 aromatic carbocycles. The zero-order valence-electron chi connectivity index (χ0n) is 13.7. The lowest BCUT2D eigenvalue weighted by Crippen LogP contribution is -2.43. The van der Waals surface area contributed by atoms with Gasteiger partial charge in [0.15, 0.2) is 0 Å². The molecule has 0 saturated carbocycles. The van der Waals surface area contributed by atoms with Gasteiger partial charge in [-0.05, 0) is 18.1 Å². The molecule has 3 rings (SSSR count). The molecule has 4 amide bonds. The summed E-state index contributed by atoms with van der Waals surface area (Å²) in [5, 5.41) is 2.70. The lowest BCUT2D eigenvalue weighted by molar-refractivity contribution is -0.129. The molecule has 6 nitrogen and oxygen atoms in total. The van der Waals surface area contributed by atoms with Crippen molar-refractivity contribution in [2.24, 2.45) is 5.92 Å². The summed E-state index contributed by atoms with van der Waals surface area (Å²) in [6.45, 7) is 3.97. The monoisotopic (exact) mass is 333 g/mol. The molecule has 2 aliphatic rings. The number of amides is 4. The van der Waals surface area contributed by atoms with Crippen LogP contribution in [0, 0.1) is 11.7 Å². The number of nitrogens with zero attached hydrogens (tertiary/aromatic N) is 2. The van der Waals surface area contributed by atoms with Crippen molar-refractivity contribution in [3.8, 4) is 0 Å². The van der Waals surface area contributed by atoms with Crippen LogP contribution in [0.5, 0.6) is 0 Å². The van der Waals surface area contributed by atoms with Crippen molar-refractivity contribution < 1.29 is 18.8 Å². The number of hydrogen-bond donors (Lipinski definition) is 1. The summed E-state index contributed by atoms with van der Waals surface area (Å²) in [4.78, 5) is 39.5. The van der Waals surface area contributed by atoms with Crippen molar-refractivity contribution in [2.75, 3.05) is 11.4 Å². The van der Waals surface area contributed by atoms with E-state index in [0.717, 1.165) is 11.3 Å². The highest BCUT2D eigenvalue weighted by Crippen LogP contribution is 2.29. The summed E-state index contributed by atoms with van der Waals surface area (Å²) in [6.07, 6.45) is 0.774. The van der Waals surface area contributed by atoms with E-state index >= 15 is 0 Å². The van der Waals surface area contributed by atoms with E-state index in [-0.39, 0.29) is 36.4 Å². The molecule has 0 bridgehead atoms. The number of urea groups is 1. The van der Waals surface area contributed by atoms with E-state index in [1.54, 1.807) is 12.1 Å². The first-order valence-electron chi connectivity index (χ1n) is 8.12. The van der Waals surface area contributed by atoms with Gasteiger partial charge in [0.05, 0.1) is 11.7 Å². The highest BCUT2D eigenvalue weighted by Gasteiger charge is 2.47. The number of benzene rings is 1. The Bertz CT molecular complexity index is 693. The quantitative estimate of drug-likeness (QED) is 0.856. The number of halogens is 1. The average molecular weight is 333 g/mol. The van der Waals surface area contributed by atoms with Crippen LogP contribution >= 0.6 is 0 Å². The predicted octanol–water partition coefficient (Wildman–Crippen LogP) is 1.90. The van der Waals surface area contributed by atoms with Gasteiger partial charge in [0, 0.05) is 13.0 Å². The first-order chi connectivity index (χ1) is 11.4. The summed E-state index contributed by atoms with van der Waals surface area (Å²) in [5.74, 6) is -1.08. The van der Waals surface area contributed by atoms with Gasteiger partial charge in [-0.3, -0.25) is 14.5 Å². The molecule has 2 saturated heterocycles. The molecule has 3 atom stereocenters. The number of carbonyl (C=O) groups is 3. The third-order valence-corrected chi connectivity index (χ3v) is 4.83. The van der Waals surface area contributed by atoms with E-state index in [2.05, 4.69) is 5.32 Å². The zero-order valence-corrected chi connectivity index (χ0v) is 13.7. The Morgan fingerprint density at radius 3 is 2.67 bits per heavy atom. The molecule has 24 heavy (non-hydrogen) atoms. The van der Waals surface area contributed by atoms with Crippen molar-refractivity contribution in [3.63, 3.8) is 0 Å². The summed E-state index contributed by atoms with van der Waals surface area (Å²) < 4.78 is 13.9. The van der Waals surface area contributed by atoms with Crippen LogP contribution in [0.25, 0.3) is 0 Å². The van der Waals surface area contributed by atoms with Gasteiger partial charge in [-0.15, -0.1) is 0 Å². The molecule has 0 aromatic heterocycles. The van der Waals surface area contributed by atoms with Crippen molar-refractivity contribution in [1.29, 1.82) is 0 Å². The van der Waals surface area contributed by atoms with Crippen LogP contribution in [0.3, 0.4) is 0 Å². The molecule has 0 radical (unpaired) electrons. The summed E-state index contributed by atoms with van der Waals surface area (Å²) in [7, 11) is 0. The van der Waals surface area contributed by atoms with Crippen LogP contribution in [-0.4, -0.2) is 41.4 Å². The largest absolute Gasteiger partial charge is 0.326 e. The van der Waals surface area contributed by atoms with E-state index in [4.69, 9.17) is 0 Å². The zero-order chi connectivity index (χ0) is 17.4. The third-order valence-electron chi connectivity index (χ3n) is 4.83. The number of rotatable bonds is 4. The molecule has 7 heteroatoms. The highest BCUT2D eigenvalue weighted by molar-refractivity contribution is 6.06. The number of para-hydroxylation sites is 1. The maximum absolute atomic E-state index is 13.9. The Kier molecular flexibility index (Phi) is 4.26. The topological polar surface area (TPSA) is 69.7 Å². The number of anilines is 1. The molecular weight excluding hydrogens is 313 g/mol. The fraction of sp³-hybridized carbons (Fsp3) is 0.471. The molecule has 2 fully saturated rings. The molecular formula is C17H20FN3O3. The SMILES string of the molecule is CC[C@H](C)[C@@H]1NC(=O)N(C2CC(=O)N(c3ccccc3F)C2)C1=O. The first kappa shape index (κ1) is 16.4. The van der Waals surface area contributed by atoms with Crippen molar-refractivity contribution in [3.05, 3.63) is 30.1 Å². The Morgan fingerprint density at radius 1 is 1.29 bits per heavy atom. The van der Waals surface area contributed by atoms with Crippen molar-refractivity contribution in [2.45, 2.75) is 38.8 Å². The van der Waals surface area contributed by atoms with Gasteiger partial charge < -0.3 is 10.2 Å². The number of hydrogen-bond acceptors (Lipinski definition) is 3. The van der Waals surface area contributed by atoms with Crippen molar-refractivity contribution >= 4 is 23.5 Å². The average Bonchev–Trinajstić information content (AvgIpc) is 3.07. The number of nitrogens with one attached hydrogen (secondary N) is 1. The van der Waals surface area contributed by atoms with Gasteiger partial charge in [-0.2, -0.15) is 0 Å². The Labute approximate surface area is 139 Å². The molecule has 1 unspecified atom stereocenters. The maximum atomic E-state index is 13.9. The molecule has 2 aliphatic heterocycles. The van der Waals surface area contributed by atoms with Crippen LogP contribution < -0.4 is 10.2 Å².